The second-order valence-corrected chi connectivity index (χ2v) is 2.39. The van der Waals surface area contributed by atoms with Crippen molar-refractivity contribution < 1.29 is 30.3 Å². The van der Waals surface area contributed by atoms with Gasteiger partial charge in [0.2, 0.25) is 0 Å². The number of aliphatic carboxylic acids is 1. The summed E-state index contributed by atoms with van der Waals surface area (Å²) in [6.07, 6.45) is 0.956. The monoisotopic (exact) mass is 280 g/mol. The fourth-order valence-electron chi connectivity index (χ4n) is 0.643. The maximum absolute atomic E-state index is 10.2. The SMILES string of the molecule is NC(N)=NCCC[C@H](N)C(=O)O.[Pd]. The van der Waals surface area contributed by atoms with Gasteiger partial charge in [0.1, 0.15) is 6.04 Å². The third-order valence-electron chi connectivity index (χ3n) is 1.28. The third-order valence-corrected chi connectivity index (χ3v) is 1.28. The smallest absolute Gasteiger partial charge is 0.320 e. The number of guanidine groups is 1. The van der Waals surface area contributed by atoms with Crippen molar-refractivity contribution in [3.63, 3.8) is 0 Å². The Bertz CT molecular complexity index is 181. The van der Waals surface area contributed by atoms with E-state index in [0.717, 1.165) is 0 Å². The first-order valence-electron chi connectivity index (χ1n) is 3.58. The van der Waals surface area contributed by atoms with Crippen molar-refractivity contribution in [1.82, 2.24) is 0 Å². The maximum Gasteiger partial charge on any atom is 0.320 e. The minimum absolute atomic E-state index is 0. The number of carboxylic acid groups (broad SMARTS) is 1. The number of carbonyl (C=O) groups is 1. The molecule has 0 unspecified atom stereocenters. The van der Waals surface area contributed by atoms with Gasteiger partial charge in [-0.25, -0.2) is 0 Å². The Labute approximate surface area is 90.2 Å². The number of nitrogens with zero attached hydrogens (tertiary/aromatic N) is 1. The number of hydrogen-bond donors (Lipinski definition) is 4. The van der Waals surface area contributed by atoms with Crippen LogP contribution in [0, 0.1) is 0 Å². The largest absolute Gasteiger partial charge is 0.480 e. The topological polar surface area (TPSA) is 128 Å². The van der Waals surface area contributed by atoms with E-state index in [2.05, 4.69) is 4.99 Å². The molecule has 0 saturated carbocycles. The molecule has 0 aromatic heterocycles. The van der Waals surface area contributed by atoms with Crippen LogP contribution in [0.25, 0.3) is 0 Å². The van der Waals surface area contributed by atoms with Crippen LogP contribution in [-0.2, 0) is 25.2 Å². The standard InChI is InChI=1S/C6H14N4O2.Pd/c7-4(5(11)12)2-1-3-10-6(8)9;/h4H,1-3,7H2,(H,11,12)(H4,8,9,10);/t4-;/m0./s1. The fraction of sp³-hybridized carbons (Fsp3) is 0.667. The second-order valence-electron chi connectivity index (χ2n) is 2.39. The van der Waals surface area contributed by atoms with Crippen LogP contribution in [-0.4, -0.2) is 29.6 Å². The van der Waals surface area contributed by atoms with Gasteiger partial charge < -0.3 is 22.3 Å². The third kappa shape index (κ3) is 9.28. The molecule has 0 heterocycles. The fourth-order valence-corrected chi connectivity index (χ4v) is 0.643. The molecule has 7 N–H and O–H groups in total. The molecule has 6 nitrogen and oxygen atoms in total. The predicted molar refractivity (Wildman–Crippen MR) is 45.5 cm³/mol. The van der Waals surface area contributed by atoms with Crippen LogP contribution >= 0.6 is 0 Å². The van der Waals surface area contributed by atoms with Crippen molar-refractivity contribution in [1.29, 1.82) is 0 Å². The van der Waals surface area contributed by atoms with Gasteiger partial charge in [-0.1, -0.05) is 0 Å². The normalized spacial score (nSPS) is 11.2. The van der Waals surface area contributed by atoms with E-state index in [4.69, 9.17) is 22.3 Å². The average Bonchev–Trinajstić information content (AvgIpc) is 1.97. The molecule has 1 atom stereocenters. The van der Waals surface area contributed by atoms with E-state index in [1.54, 1.807) is 0 Å². The summed E-state index contributed by atoms with van der Waals surface area (Å²) in [4.78, 5) is 13.9. The van der Waals surface area contributed by atoms with Crippen LogP contribution in [0.1, 0.15) is 12.8 Å². The molecule has 0 spiro atoms. The van der Waals surface area contributed by atoms with Crippen molar-refractivity contribution in [2.24, 2.45) is 22.2 Å². The Balaban J connectivity index is 0. The van der Waals surface area contributed by atoms with Gasteiger partial charge in [0.15, 0.2) is 5.96 Å². The first-order chi connectivity index (χ1) is 5.54. The van der Waals surface area contributed by atoms with Crippen molar-refractivity contribution >= 4 is 11.9 Å². The Morgan fingerprint density at radius 1 is 1.46 bits per heavy atom. The van der Waals surface area contributed by atoms with E-state index in [-0.39, 0.29) is 26.4 Å². The van der Waals surface area contributed by atoms with Crippen LogP contribution in [0.2, 0.25) is 0 Å². The van der Waals surface area contributed by atoms with Gasteiger partial charge in [-0.05, 0) is 12.8 Å². The molecular weight excluding hydrogens is 267 g/mol. The van der Waals surface area contributed by atoms with Crippen molar-refractivity contribution in [2.45, 2.75) is 18.9 Å². The molecule has 0 amide bonds. The van der Waals surface area contributed by atoms with Crippen LogP contribution < -0.4 is 17.2 Å². The van der Waals surface area contributed by atoms with Crippen molar-refractivity contribution in [3.05, 3.63) is 0 Å². The van der Waals surface area contributed by atoms with E-state index in [1.807, 2.05) is 0 Å². The molecule has 80 valence electrons. The first-order valence-corrected chi connectivity index (χ1v) is 3.58. The predicted octanol–water partition coefficient (Wildman–Crippen LogP) is -1.55. The summed E-state index contributed by atoms with van der Waals surface area (Å²) in [5, 5.41) is 8.38. The van der Waals surface area contributed by atoms with E-state index in [1.165, 1.54) is 0 Å². The Hall–Kier alpha value is -0.638. The molecule has 0 aromatic carbocycles. The maximum atomic E-state index is 10.2. The summed E-state index contributed by atoms with van der Waals surface area (Å²) in [5.74, 6) is -0.987. The molecule has 0 aliphatic carbocycles. The van der Waals surface area contributed by atoms with Gasteiger partial charge in [-0.15, -0.1) is 0 Å². The molecule has 0 aromatic rings. The first kappa shape index (κ1) is 14.9. The Kier molecular flexibility index (Phi) is 9.13. The Morgan fingerprint density at radius 3 is 2.38 bits per heavy atom. The van der Waals surface area contributed by atoms with Crippen LogP contribution in [0.3, 0.4) is 0 Å². The number of aliphatic imine (C=N–C) groups is 1. The summed E-state index contributed by atoms with van der Waals surface area (Å²) >= 11 is 0. The molecular formula is C6H14N4O2Pd. The van der Waals surface area contributed by atoms with Gasteiger partial charge in [0, 0.05) is 27.0 Å². The van der Waals surface area contributed by atoms with E-state index < -0.39 is 12.0 Å². The minimum atomic E-state index is -1.00. The molecule has 0 bridgehead atoms. The van der Waals surface area contributed by atoms with Gasteiger partial charge in [0.05, 0.1) is 0 Å². The molecule has 7 heteroatoms. The molecule has 0 aliphatic heterocycles. The summed E-state index contributed by atoms with van der Waals surface area (Å²) in [6, 6.07) is -0.820. The zero-order valence-corrected chi connectivity index (χ0v) is 8.60. The van der Waals surface area contributed by atoms with E-state index >= 15 is 0 Å². The van der Waals surface area contributed by atoms with Gasteiger partial charge in [-0.2, -0.15) is 0 Å². The van der Waals surface area contributed by atoms with E-state index in [0.29, 0.717) is 19.4 Å². The average molecular weight is 281 g/mol. The van der Waals surface area contributed by atoms with Gasteiger partial charge in [0.25, 0.3) is 0 Å². The molecule has 13 heavy (non-hydrogen) atoms. The van der Waals surface area contributed by atoms with Crippen LogP contribution in [0.5, 0.6) is 0 Å². The van der Waals surface area contributed by atoms with Crippen LogP contribution in [0.15, 0.2) is 4.99 Å². The number of carboxylic acids is 1. The number of rotatable bonds is 5. The van der Waals surface area contributed by atoms with E-state index in [9.17, 15) is 4.79 Å². The number of hydrogen-bond acceptors (Lipinski definition) is 3. The van der Waals surface area contributed by atoms with Gasteiger partial charge in [-0.3, -0.25) is 9.79 Å². The van der Waals surface area contributed by atoms with Gasteiger partial charge >= 0.3 is 5.97 Å². The molecule has 0 aliphatic rings. The number of nitrogens with two attached hydrogens (primary N) is 3. The molecule has 0 rings (SSSR count). The van der Waals surface area contributed by atoms with Crippen molar-refractivity contribution in [2.75, 3.05) is 6.54 Å². The summed E-state index contributed by atoms with van der Waals surface area (Å²) < 4.78 is 0. The molecule has 0 fully saturated rings. The zero-order chi connectivity index (χ0) is 9.56. The second kappa shape index (κ2) is 7.98. The minimum Gasteiger partial charge on any atom is -0.480 e. The Morgan fingerprint density at radius 2 is 2.00 bits per heavy atom. The van der Waals surface area contributed by atoms with Crippen LogP contribution in [0.4, 0.5) is 0 Å². The van der Waals surface area contributed by atoms with Crippen molar-refractivity contribution in [3.8, 4) is 0 Å². The molecule has 0 saturated heterocycles. The molecule has 0 radical (unpaired) electrons. The summed E-state index contributed by atoms with van der Waals surface area (Å²) in [7, 11) is 0. The quantitative estimate of drug-likeness (QED) is 0.210. The zero-order valence-electron chi connectivity index (χ0n) is 7.05. The summed E-state index contributed by atoms with van der Waals surface area (Å²) in [6.45, 7) is 0.420. The summed E-state index contributed by atoms with van der Waals surface area (Å²) in [5.41, 5.74) is 15.3.